The molecule has 0 fully saturated rings. The lowest BCUT2D eigenvalue weighted by Crippen LogP contribution is -2.03. The van der Waals surface area contributed by atoms with Gasteiger partial charge in [-0.05, 0) is 23.8 Å². The number of aliphatic hydroxyl groups is 1. The number of rotatable bonds is 4. The Bertz CT molecular complexity index is 867. The number of carbonyl (C=O) groups is 1. The van der Waals surface area contributed by atoms with Gasteiger partial charge in [0.1, 0.15) is 22.7 Å². The van der Waals surface area contributed by atoms with Crippen molar-refractivity contribution < 1.29 is 19.2 Å². The van der Waals surface area contributed by atoms with E-state index in [-0.39, 0.29) is 11.4 Å². The van der Waals surface area contributed by atoms with Gasteiger partial charge in [0.15, 0.2) is 5.78 Å². The molecule has 0 spiro atoms. The topological polar surface area (TPSA) is 93.6 Å². The highest BCUT2D eigenvalue weighted by molar-refractivity contribution is 6.05. The van der Waals surface area contributed by atoms with Crippen LogP contribution in [0.4, 0.5) is 5.88 Å². The molecule has 2 aromatic carbocycles. The largest absolute Gasteiger partial charge is 0.442 e. The third-order valence-corrected chi connectivity index (χ3v) is 3.36. The first kappa shape index (κ1) is 14.0. The van der Waals surface area contributed by atoms with E-state index in [2.05, 4.69) is 0 Å². The maximum Gasteiger partial charge on any atom is 0.442 e. The molecule has 6 heteroatoms. The van der Waals surface area contributed by atoms with Crippen molar-refractivity contribution in [2.45, 2.75) is 0 Å². The Morgan fingerprint density at radius 3 is 2.55 bits per heavy atom. The number of hydrogen-bond acceptors (Lipinski definition) is 5. The minimum absolute atomic E-state index is 0.280. The molecule has 1 N–H and O–H groups in total. The number of nitro groups is 1. The quantitative estimate of drug-likeness (QED) is 0.453. The van der Waals surface area contributed by atoms with Crippen LogP contribution in [0.15, 0.2) is 52.9 Å². The van der Waals surface area contributed by atoms with Gasteiger partial charge < -0.3 is 9.52 Å². The number of ketones is 1. The molecule has 3 aromatic rings. The number of fused-ring (bicyclic) bond motifs is 1. The summed E-state index contributed by atoms with van der Waals surface area (Å²) in [6.07, 6.45) is 0. The Labute approximate surface area is 124 Å². The maximum absolute atomic E-state index is 11.6. The molecule has 0 amide bonds. The summed E-state index contributed by atoms with van der Waals surface area (Å²) in [5.74, 6) is -0.820. The van der Waals surface area contributed by atoms with Crippen LogP contribution in [0.1, 0.15) is 10.4 Å². The van der Waals surface area contributed by atoms with E-state index in [1.165, 1.54) is 18.2 Å². The van der Waals surface area contributed by atoms with Gasteiger partial charge in [-0.2, -0.15) is 0 Å². The predicted octanol–water partition coefficient (Wildman–Crippen LogP) is 3.18. The third-order valence-electron chi connectivity index (χ3n) is 3.36. The Morgan fingerprint density at radius 2 is 1.91 bits per heavy atom. The molecular formula is C16H11NO5. The summed E-state index contributed by atoms with van der Waals surface area (Å²) < 4.78 is 5.31. The maximum atomic E-state index is 11.6. The Morgan fingerprint density at radius 1 is 1.18 bits per heavy atom. The van der Waals surface area contributed by atoms with E-state index in [0.29, 0.717) is 22.1 Å². The van der Waals surface area contributed by atoms with Crippen LogP contribution in [0, 0.1) is 10.1 Å². The molecule has 0 saturated heterocycles. The second-order valence-electron chi connectivity index (χ2n) is 4.70. The SMILES string of the molecule is O=C(CO)c1ccc2oc([N+](=O)[O-])c(-c3ccccc3)c2c1. The number of nitrogens with zero attached hydrogens (tertiary/aromatic N) is 1. The number of Topliss-reactive ketones (excluding diaryl/α,β-unsaturated/α-hetero) is 1. The van der Waals surface area contributed by atoms with Crippen LogP contribution in [-0.4, -0.2) is 22.4 Å². The van der Waals surface area contributed by atoms with Crippen LogP contribution in [0.2, 0.25) is 0 Å². The minimum atomic E-state index is -0.619. The number of hydrogen-bond donors (Lipinski definition) is 1. The first-order valence-corrected chi connectivity index (χ1v) is 6.52. The lowest BCUT2D eigenvalue weighted by atomic mass is 10.0. The standard InChI is InChI=1S/C16H11NO5/c18-9-13(19)11-6-7-14-12(8-11)15(16(22-14)17(20)21)10-4-2-1-3-5-10/h1-8,18H,9H2. The fraction of sp³-hybridized carbons (Fsp3) is 0.0625. The van der Waals surface area contributed by atoms with E-state index in [1.54, 1.807) is 30.3 Å². The van der Waals surface area contributed by atoms with Crippen LogP contribution in [-0.2, 0) is 0 Å². The van der Waals surface area contributed by atoms with E-state index >= 15 is 0 Å². The zero-order chi connectivity index (χ0) is 15.7. The van der Waals surface area contributed by atoms with Crippen LogP contribution in [0.3, 0.4) is 0 Å². The van der Waals surface area contributed by atoms with Crippen molar-refractivity contribution in [3.05, 3.63) is 64.2 Å². The number of benzene rings is 2. The van der Waals surface area contributed by atoms with Gasteiger partial charge in [0.05, 0.1) is 0 Å². The molecular weight excluding hydrogens is 286 g/mol. The van der Waals surface area contributed by atoms with Crippen molar-refractivity contribution in [2.24, 2.45) is 0 Å². The molecule has 22 heavy (non-hydrogen) atoms. The molecule has 0 atom stereocenters. The molecule has 1 heterocycles. The first-order valence-electron chi connectivity index (χ1n) is 6.52. The lowest BCUT2D eigenvalue weighted by Gasteiger charge is -2.00. The van der Waals surface area contributed by atoms with Crippen LogP contribution >= 0.6 is 0 Å². The molecule has 3 rings (SSSR count). The van der Waals surface area contributed by atoms with Crippen molar-refractivity contribution >= 4 is 22.6 Å². The van der Waals surface area contributed by atoms with E-state index in [9.17, 15) is 14.9 Å². The molecule has 110 valence electrons. The fourth-order valence-electron chi connectivity index (χ4n) is 2.36. The van der Waals surface area contributed by atoms with Gasteiger partial charge in [-0.3, -0.25) is 14.9 Å². The third kappa shape index (κ3) is 2.25. The van der Waals surface area contributed by atoms with Gasteiger partial charge in [-0.15, -0.1) is 0 Å². The first-order chi connectivity index (χ1) is 10.6. The number of carbonyl (C=O) groups excluding carboxylic acids is 1. The normalized spacial score (nSPS) is 10.8. The van der Waals surface area contributed by atoms with Crippen molar-refractivity contribution in [1.29, 1.82) is 0 Å². The average Bonchev–Trinajstić information content (AvgIpc) is 2.93. The molecule has 0 aliphatic rings. The molecule has 6 nitrogen and oxygen atoms in total. The van der Waals surface area contributed by atoms with Crippen LogP contribution in [0.5, 0.6) is 0 Å². The van der Waals surface area contributed by atoms with Crippen LogP contribution < -0.4 is 0 Å². The second kappa shape index (κ2) is 5.42. The monoisotopic (exact) mass is 297 g/mol. The van der Waals surface area contributed by atoms with E-state index in [4.69, 9.17) is 9.52 Å². The summed E-state index contributed by atoms with van der Waals surface area (Å²) in [7, 11) is 0. The Balaban J connectivity index is 2.32. The van der Waals surface area contributed by atoms with Gasteiger partial charge in [0.2, 0.25) is 0 Å². The van der Waals surface area contributed by atoms with Crippen molar-refractivity contribution in [2.75, 3.05) is 6.61 Å². The van der Waals surface area contributed by atoms with Gasteiger partial charge in [0.25, 0.3) is 0 Å². The molecule has 1 aromatic heterocycles. The summed E-state index contributed by atoms with van der Waals surface area (Å²) in [5.41, 5.74) is 1.55. The Kier molecular flexibility index (Phi) is 3.44. The van der Waals surface area contributed by atoms with Crippen molar-refractivity contribution in [3.8, 4) is 11.1 Å². The molecule has 0 bridgehead atoms. The number of furan rings is 1. The minimum Gasteiger partial charge on any atom is -0.400 e. The van der Waals surface area contributed by atoms with Gasteiger partial charge in [-0.25, -0.2) is 0 Å². The molecule has 0 unspecified atom stereocenters. The van der Waals surface area contributed by atoms with Crippen LogP contribution in [0.25, 0.3) is 22.1 Å². The highest BCUT2D eigenvalue weighted by Crippen LogP contribution is 2.39. The summed E-state index contributed by atoms with van der Waals surface area (Å²) in [6.45, 7) is -0.619. The summed E-state index contributed by atoms with van der Waals surface area (Å²) >= 11 is 0. The van der Waals surface area contributed by atoms with Gasteiger partial charge in [0, 0.05) is 10.9 Å². The highest BCUT2D eigenvalue weighted by atomic mass is 16.6. The lowest BCUT2D eigenvalue weighted by molar-refractivity contribution is -0.400. The fourth-order valence-corrected chi connectivity index (χ4v) is 2.36. The van der Waals surface area contributed by atoms with E-state index < -0.39 is 17.3 Å². The summed E-state index contributed by atoms with van der Waals surface area (Å²) in [6, 6.07) is 13.3. The van der Waals surface area contributed by atoms with Crippen molar-refractivity contribution in [1.82, 2.24) is 0 Å². The van der Waals surface area contributed by atoms with Crippen molar-refractivity contribution in [3.63, 3.8) is 0 Å². The zero-order valence-electron chi connectivity index (χ0n) is 11.4. The van der Waals surface area contributed by atoms with E-state index in [1.807, 2.05) is 0 Å². The average molecular weight is 297 g/mol. The zero-order valence-corrected chi connectivity index (χ0v) is 11.4. The Hall–Kier alpha value is -2.99. The second-order valence-corrected chi connectivity index (χ2v) is 4.70. The summed E-state index contributed by atoms with van der Waals surface area (Å²) in [4.78, 5) is 22.3. The van der Waals surface area contributed by atoms with E-state index in [0.717, 1.165) is 0 Å². The number of aliphatic hydroxyl groups excluding tert-OH is 1. The highest BCUT2D eigenvalue weighted by Gasteiger charge is 2.25. The predicted molar refractivity (Wildman–Crippen MR) is 79.7 cm³/mol. The smallest absolute Gasteiger partial charge is 0.400 e. The summed E-state index contributed by atoms with van der Waals surface area (Å²) in [5, 5.41) is 20.7. The van der Waals surface area contributed by atoms with Gasteiger partial charge in [-0.1, -0.05) is 30.3 Å². The molecule has 0 saturated carbocycles. The van der Waals surface area contributed by atoms with Gasteiger partial charge >= 0.3 is 5.88 Å². The molecule has 0 aliphatic heterocycles. The molecule has 0 aliphatic carbocycles. The molecule has 0 radical (unpaired) electrons.